The monoisotopic (exact) mass is 685 g/mol. The molecule has 10 nitrogen and oxygen atoms in total. The molecule has 0 spiro atoms. The zero-order chi connectivity index (χ0) is 34.6. The van der Waals surface area contributed by atoms with Gasteiger partial charge in [0.05, 0.1) is 18.4 Å². The number of ether oxygens (including phenoxy) is 1. The third-order valence-electron chi connectivity index (χ3n) is 5.79. The average Bonchev–Trinajstić information content (AvgIpc) is 3.56. The molecule has 2 aliphatic heterocycles. The van der Waals surface area contributed by atoms with Gasteiger partial charge in [0.25, 0.3) is 0 Å². The van der Waals surface area contributed by atoms with Crippen LogP contribution in [0.15, 0.2) is 35.0 Å². The molecule has 2 aliphatic rings. The van der Waals surface area contributed by atoms with E-state index in [0.29, 0.717) is 18.8 Å². The SMILES string of the molecule is Cc1cccc(COC2CC3CN(Cc4ccsc4)CCN3C2)n1.O=C(O)C(F)(F)F.O=C(O)C(F)(F)F.O=C(O)C(F)(F)F. The number of aliphatic carboxylic acids is 3. The molecule has 0 saturated carbocycles. The number of aromatic nitrogens is 1. The molecule has 2 saturated heterocycles. The smallest absolute Gasteiger partial charge is 0.475 e. The minimum atomic E-state index is -5.08. The van der Waals surface area contributed by atoms with Crippen molar-refractivity contribution in [1.29, 1.82) is 0 Å². The van der Waals surface area contributed by atoms with Crippen molar-refractivity contribution < 1.29 is 74.0 Å². The lowest BCUT2D eigenvalue weighted by molar-refractivity contribution is -0.193. The van der Waals surface area contributed by atoms with Gasteiger partial charge in [-0.2, -0.15) is 50.9 Å². The van der Waals surface area contributed by atoms with E-state index in [1.165, 1.54) is 18.7 Å². The van der Waals surface area contributed by atoms with Crippen LogP contribution >= 0.6 is 11.3 Å². The van der Waals surface area contributed by atoms with E-state index in [0.717, 1.165) is 37.4 Å². The van der Waals surface area contributed by atoms with Crippen molar-refractivity contribution >= 4 is 29.2 Å². The second-order valence-electron chi connectivity index (χ2n) is 9.36. The molecule has 2 aromatic heterocycles. The number of halogens is 9. The van der Waals surface area contributed by atoms with Crippen molar-refractivity contribution in [2.24, 2.45) is 0 Å². The van der Waals surface area contributed by atoms with Gasteiger partial charge in [-0.1, -0.05) is 6.07 Å². The second kappa shape index (κ2) is 17.3. The maximum atomic E-state index is 10.6. The number of hydrogen-bond donors (Lipinski definition) is 3. The van der Waals surface area contributed by atoms with Crippen LogP contribution in [-0.4, -0.2) is 105 Å². The molecule has 2 unspecified atom stereocenters. The van der Waals surface area contributed by atoms with Crippen LogP contribution in [0, 0.1) is 6.92 Å². The third-order valence-corrected chi connectivity index (χ3v) is 6.52. The van der Waals surface area contributed by atoms with Crippen LogP contribution in [0.5, 0.6) is 0 Å². The summed E-state index contributed by atoms with van der Waals surface area (Å²) in [6.45, 7) is 8.32. The van der Waals surface area contributed by atoms with E-state index in [1.807, 2.05) is 13.0 Å². The van der Waals surface area contributed by atoms with Gasteiger partial charge in [-0.15, -0.1) is 0 Å². The molecule has 3 N–H and O–H groups in total. The Kier molecular flexibility index (Phi) is 15.2. The largest absolute Gasteiger partial charge is 0.490 e. The lowest BCUT2D eigenvalue weighted by Gasteiger charge is -2.37. The Morgan fingerprint density at radius 3 is 1.87 bits per heavy atom. The molecule has 45 heavy (non-hydrogen) atoms. The predicted molar refractivity (Wildman–Crippen MR) is 138 cm³/mol. The molecule has 0 aromatic carbocycles. The summed E-state index contributed by atoms with van der Waals surface area (Å²) >= 11 is 1.79. The number of thiophene rings is 1. The van der Waals surface area contributed by atoms with Gasteiger partial charge in [0.2, 0.25) is 0 Å². The van der Waals surface area contributed by atoms with Crippen molar-refractivity contribution in [1.82, 2.24) is 14.8 Å². The van der Waals surface area contributed by atoms with Gasteiger partial charge in [0, 0.05) is 44.5 Å². The number of carboxylic acids is 3. The zero-order valence-corrected chi connectivity index (χ0v) is 24.0. The van der Waals surface area contributed by atoms with Gasteiger partial charge >= 0.3 is 36.4 Å². The van der Waals surface area contributed by atoms with E-state index >= 15 is 0 Å². The quantitative estimate of drug-likeness (QED) is 0.375. The van der Waals surface area contributed by atoms with Crippen LogP contribution in [0.25, 0.3) is 0 Å². The number of pyridine rings is 1. The van der Waals surface area contributed by atoms with Crippen LogP contribution in [0.3, 0.4) is 0 Å². The third kappa shape index (κ3) is 15.9. The van der Waals surface area contributed by atoms with Gasteiger partial charge < -0.3 is 20.1 Å². The molecule has 0 amide bonds. The molecule has 4 rings (SSSR count). The number of carboxylic acid groups (broad SMARTS) is 3. The summed E-state index contributed by atoms with van der Waals surface area (Å²) in [6.07, 6.45) is -13.8. The number of hydrogen-bond acceptors (Lipinski definition) is 8. The molecule has 2 fully saturated rings. The number of aryl methyl sites for hydroxylation is 1. The van der Waals surface area contributed by atoms with Crippen LogP contribution in [0.2, 0.25) is 0 Å². The van der Waals surface area contributed by atoms with E-state index in [9.17, 15) is 39.5 Å². The fraction of sp³-hybridized carbons (Fsp3) is 0.520. The summed E-state index contributed by atoms with van der Waals surface area (Å²) in [5.41, 5.74) is 3.55. The molecule has 2 atom stereocenters. The average molecular weight is 686 g/mol. The number of carbonyl (C=O) groups is 3. The Balaban J connectivity index is 0.000000396. The first-order chi connectivity index (χ1) is 20.6. The normalized spacial score (nSPS) is 18.6. The predicted octanol–water partition coefficient (Wildman–Crippen LogP) is 4.83. The summed E-state index contributed by atoms with van der Waals surface area (Å²) in [5, 5.41) is 25.8. The summed E-state index contributed by atoms with van der Waals surface area (Å²) in [7, 11) is 0. The van der Waals surface area contributed by atoms with E-state index in [2.05, 4.69) is 43.7 Å². The minimum absolute atomic E-state index is 0.346. The van der Waals surface area contributed by atoms with Gasteiger partial charge in [-0.25, -0.2) is 14.4 Å². The molecule has 4 heterocycles. The molecule has 0 radical (unpaired) electrons. The van der Waals surface area contributed by atoms with Crippen molar-refractivity contribution in [3.8, 4) is 0 Å². The first-order valence-electron chi connectivity index (χ1n) is 12.5. The van der Waals surface area contributed by atoms with E-state index in [4.69, 9.17) is 34.4 Å². The van der Waals surface area contributed by atoms with Crippen LogP contribution < -0.4 is 0 Å². The highest BCUT2D eigenvalue weighted by Gasteiger charge is 2.40. The van der Waals surface area contributed by atoms with Crippen molar-refractivity contribution in [3.05, 3.63) is 52.0 Å². The highest BCUT2D eigenvalue weighted by atomic mass is 32.1. The topological polar surface area (TPSA) is 140 Å². The Labute approximate surface area is 253 Å². The minimum Gasteiger partial charge on any atom is -0.475 e. The van der Waals surface area contributed by atoms with Gasteiger partial charge in [0.15, 0.2) is 0 Å². The number of piperazine rings is 1. The molecular formula is C25H28F9N3O7S. The van der Waals surface area contributed by atoms with Crippen molar-refractivity contribution in [2.45, 2.75) is 57.2 Å². The standard InChI is InChI=1S/C19H25N3OS.3C2HF3O2/c1-15-3-2-4-17(20-15)13-23-19-9-18-11-21(6-7-22(18)12-19)10-16-5-8-24-14-16;3*3-2(4,5)1(6)7/h2-5,8,14,18-19H,6-7,9-13H2,1H3;3*(H,6,7). The fourth-order valence-corrected chi connectivity index (χ4v) is 4.51. The molecule has 254 valence electrons. The highest BCUT2D eigenvalue weighted by Crippen LogP contribution is 2.26. The Morgan fingerprint density at radius 2 is 1.42 bits per heavy atom. The van der Waals surface area contributed by atoms with Crippen molar-refractivity contribution in [3.63, 3.8) is 0 Å². The van der Waals surface area contributed by atoms with E-state index in [1.54, 1.807) is 11.3 Å². The number of nitrogens with zero attached hydrogens (tertiary/aromatic N) is 3. The summed E-state index contributed by atoms with van der Waals surface area (Å²) in [4.78, 5) is 36.4. The maximum absolute atomic E-state index is 10.6. The summed E-state index contributed by atoms with van der Waals surface area (Å²) in [5.74, 6) is -8.27. The maximum Gasteiger partial charge on any atom is 0.490 e. The second-order valence-corrected chi connectivity index (χ2v) is 10.1. The van der Waals surface area contributed by atoms with Gasteiger partial charge in [-0.3, -0.25) is 14.8 Å². The van der Waals surface area contributed by atoms with E-state index < -0.39 is 36.4 Å². The van der Waals surface area contributed by atoms with Gasteiger partial charge in [0.1, 0.15) is 0 Å². The number of alkyl halides is 9. The lowest BCUT2D eigenvalue weighted by Crippen LogP contribution is -2.49. The van der Waals surface area contributed by atoms with Crippen LogP contribution in [-0.2, 0) is 32.3 Å². The van der Waals surface area contributed by atoms with Crippen molar-refractivity contribution in [2.75, 3.05) is 26.2 Å². The van der Waals surface area contributed by atoms with Crippen LogP contribution in [0.1, 0.15) is 23.4 Å². The van der Waals surface area contributed by atoms with Gasteiger partial charge in [-0.05, 0) is 47.9 Å². The summed E-state index contributed by atoms with van der Waals surface area (Å²) in [6, 6.07) is 9.03. The lowest BCUT2D eigenvalue weighted by atomic mass is 10.1. The molecule has 0 aliphatic carbocycles. The van der Waals surface area contributed by atoms with Crippen LogP contribution in [0.4, 0.5) is 39.5 Å². The number of fused-ring (bicyclic) bond motifs is 1. The zero-order valence-electron chi connectivity index (χ0n) is 23.2. The summed E-state index contributed by atoms with van der Waals surface area (Å²) < 4.78 is 101. The molecule has 0 bridgehead atoms. The highest BCUT2D eigenvalue weighted by molar-refractivity contribution is 7.07. The first kappa shape index (κ1) is 39.5. The fourth-order valence-electron chi connectivity index (χ4n) is 3.85. The molecular weight excluding hydrogens is 657 g/mol. The Bertz CT molecular complexity index is 1170. The molecule has 20 heteroatoms. The number of rotatable bonds is 5. The van der Waals surface area contributed by atoms with E-state index in [-0.39, 0.29) is 0 Å². The Hall–Kier alpha value is -3.49. The Morgan fingerprint density at radius 1 is 0.889 bits per heavy atom. The molecule has 2 aromatic rings. The first-order valence-corrected chi connectivity index (χ1v) is 13.5.